The third-order valence-corrected chi connectivity index (χ3v) is 4.85. The van der Waals surface area contributed by atoms with Crippen molar-refractivity contribution < 1.29 is 9.84 Å². The fraction of sp³-hybridized carbons (Fsp3) is 0.500. The zero-order valence-corrected chi connectivity index (χ0v) is 12.9. The maximum Gasteiger partial charge on any atom is 0.142 e. The van der Waals surface area contributed by atoms with Gasteiger partial charge < -0.3 is 14.4 Å². The van der Waals surface area contributed by atoms with Gasteiger partial charge >= 0.3 is 0 Å². The lowest BCUT2D eigenvalue weighted by atomic mass is 10.2. The first-order valence-electron chi connectivity index (χ1n) is 6.62. The summed E-state index contributed by atoms with van der Waals surface area (Å²) in [5.41, 5.74) is 1.78. The standard InChI is InChI=1S/C14H22N2O2Si/c1-19(2,3)9-8-18-11-16-7-5-13-12(10-17)4-6-15-14(13)16/h4-7,17H,8-11H2,1-3H3. The topological polar surface area (TPSA) is 47.3 Å². The molecule has 0 amide bonds. The summed E-state index contributed by atoms with van der Waals surface area (Å²) in [7, 11) is -1.03. The van der Waals surface area contributed by atoms with Gasteiger partial charge in [0, 0.05) is 32.5 Å². The molecule has 2 heterocycles. The molecule has 0 aliphatic carbocycles. The van der Waals surface area contributed by atoms with Crippen LogP contribution in [0.4, 0.5) is 0 Å². The molecule has 2 aromatic rings. The van der Waals surface area contributed by atoms with Crippen LogP contribution in [-0.4, -0.2) is 29.3 Å². The van der Waals surface area contributed by atoms with E-state index in [1.807, 2.05) is 22.9 Å². The number of pyridine rings is 1. The van der Waals surface area contributed by atoms with E-state index in [9.17, 15) is 5.11 Å². The summed E-state index contributed by atoms with van der Waals surface area (Å²) < 4.78 is 7.72. The van der Waals surface area contributed by atoms with E-state index in [1.54, 1.807) is 6.20 Å². The van der Waals surface area contributed by atoms with Crippen LogP contribution in [-0.2, 0) is 18.1 Å². The molecular formula is C14H22N2O2Si. The zero-order valence-electron chi connectivity index (χ0n) is 11.9. The van der Waals surface area contributed by atoms with Crippen molar-refractivity contribution in [1.29, 1.82) is 0 Å². The van der Waals surface area contributed by atoms with Gasteiger partial charge in [-0.2, -0.15) is 0 Å². The minimum absolute atomic E-state index is 0.0412. The second kappa shape index (κ2) is 5.86. The highest BCUT2D eigenvalue weighted by atomic mass is 28.3. The number of aromatic nitrogens is 2. The molecule has 0 bridgehead atoms. The maximum atomic E-state index is 9.28. The Balaban J connectivity index is 2.02. The number of hydrogen-bond acceptors (Lipinski definition) is 3. The van der Waals surface area contributed by atoms with Gasteiger partial charge in [-0.1, -0.05) is 19.6 Å². The van der Waals surface area contributed by atoms with Crippen LogP contribution in [0.5, 0.6) is 0 Å². The molecule has 4 nitrogen and oxygen atoms in total. The van der Waals surface area contributed by atoms with Crippen LogP contribution in [0.3, 0.4) is 0 Å². The molecule has 0 aromatic carbocycles. The van der Waals surface area contributed by atoms with Crippen LogP contribution in [0.15, 0.2) is 24.5 Å². The minimum atomic E-state index is -1.03. The highest BCUT2D eigenvalue weighted by molar-refractivity contribution is 6.76. The zero-order chi connectivity index (χ0) is 13.9. The van der Waals surface area contributed by atoms with Gasteiger partial charge in [-0.25, -0.2) is 4.98 Å². The molecule has 2 aromatic heterocycles. The minimum Gasteiger partial charge on any atom is -0.392 e. The Bertz CT molecular complexity index is 546. The highest BCUT2D eigenvalue weighted by Crippen LogP contribution is 2.18. The fourth-order valence-electron chi connectivity index (χ4n) is 1.93. The monoisotopic (exact) mass is 278 g/mol. The molecule has 0 aliphatic rings. The first kappa shape index (κ1) is 14.2. The largest absolute Gasteiger partial charge is 0.392 e. The lowest BCUT2D eigenvalue weighted by Crippen LogP contribution is -2.22. The summed E-state index contributed by atoms with van der Waals surface area (Å²) in [5, 5.41) is 10.3. The van der Waals surface area contributed by atoms with E-state index >= 15 is 0 Å². The maximum absolute atomic E-state index is 9.28. The van der Waals surface area contributed by atoms with E-state index in [2.05, 4.69) is 24.6 Å². The molecule has 0 radical (unpaired) electrons. The Morgan fingerprint density at radius 1 is 1.32 bits per heavy atom. The van der Waals surface area contributed by atoms with Gasteiger partial charge in [-0.05, 0) is 23.7 Å². The molecule has 0 aliphatic heterocycles. The summed E-state index contributed by atoms with van der Waals surface area (Å²) >= 11 is 0. The molecule has 1 N–H and O–H groups in total. The smallest absolute Gasteiger partial charge is 0.142 e. The molecular weight excluding hydrogens is 256 g/mol. The predicted octanol–water partition coefficient (Wildman–Crippen LogP) is 2.84. The third kappa shape index (κ3) is 3.65. The number of rotatable bonds is 6. The van der Waals surface area contributed by atoms with Crippen LogP contribution >= 0.6 is 0 Å². The number of ether oxygens (including phenoxy) is 1. The van der Waals surface area contributed by atoms with E-state index < -0.39 is 8.07 Å². The quantitative estimate of drug-likeness (QED) is 0.653. The number of fused-ring (bicyclic) bond motifs is 1. The van der Waals surface area contributed by atoms with E-state index in [4.69, 9.17) is 4.74 Å². The number of hydrogen-bond donors (Lipinski definition) is 1. The summed E-state index contributed by atoms with van der Waals surface area (Å²) in [4.78, 5) is 4.36. The van der Waals surface area contributed by atoms with Crippen LogP contribution in [0.25, 0.3) is 11.0 Å². The van der Waals surface area contributed by atoms with E-state index in [0.717, 1.165) is 23.2 Å². The summed E-state index contributed by atoms with van der Waals surface area (Å²) in [6.45, 7) is 8.40. The molecule has 2 rings (SSSR count). The van der Waals surface area contributed by atoms with Crippen molar-refractivity contribution in [2.75, 3.05) is 6.61 Å². The van der Waals surface area contributed by atoms with Crippen LogP contribution in [0, 0.1) is 0 Å². The van der Waals surface area contributed by atoms with E-state index in [1.165, 1.54) is 6.04 Å². The normalized spacial score (nSPS) is 12.2. The van der Waals surface area contributed by atoms with Crippen molar-refractivity contribution in [3.05, 3.63) is 30.1 Å². The second-order valence-corrected chi connectivity index (χ2v) is 11.6. The van der Waals surface area contributed by atoms with E-state index in [-0.39, 0.29) is 6.61 Å². The van der Waals surface area contributed by atoms with Gasteiger partial charge in [0.1, 0.15) is 12.4 Å². The molecule has 0 fully saturated rings. The Kier molecular flexibility index (Phi) is 4.39. The van der Waals surface area contributed by atoms with Crippen molar-refractivity contribution >= 4 is 19.1 Å². The SMILES string of the molecule is C[Si](C)(C)CCOCn1ccc2c(CO)ccnc21. The average Bonchev–Trinajstić information content (AvgIpc) is 2.76. The Morgan fingerprint density at radius 2 is 2.11 bits per heavy atom. The second-order valence-electron chi connectivity index (χ2n) is 6.00. The molecule has 19 heavy (non-hydrogen) atoms. The molecule has 0 atom stereocenters. The molecule has 5 heteroatoms. The van der Waals surface area contributed by atoms with Gasteiger partial charge in [0.2, 0.25) is 0 Å². The van der Waals surface area contributed by atoms with Gasteiger partial charge in [0.15, 0.2) is 0 Å². The van der Waals surface area contributed by atoms with Crippen molar-refractivity contribution in [2.45, 2.75) is 39.0 Å². The lowest BCUT2D eigenvalue weighted by Gasteiger charge is -2.15. The summed E-state index contributed by atoms with van der Waals surface area (Å²) in [5.74, 6) is 0. The van der Waals surface area contributed by atoms with Crippen LogP contribution in [0.2, 0.25) is 25.7 Å². The van der Waals surface area contributed by atoms with Gasteiger partial charge in [-0.15, -0.1) is 0 Å². The van der Waals surface area contributed by atoms with Crippen molar-refractivity contribution in [3.8, 4) is 0 Å². The first-order chi connectivity index (χ1) is 9.01. The number of aliphatic hydroxyl groups excluding tert-OH is 1. The fourth-order valence-corrected chi connectivity index (χ4v) is 2.69. The van der Waals surface area contributed by atoms with Crippen molar-refractivity contribution in [3.63, 3.8) is 0 Å². The summed E-state index contributed by atoms with van der Waals surface area (Å²) in [6.07, 6.45) is 3.69. The molecule has 0 spiro atoms. The first-order valence-corrected chi connectivity index (χ1v) is 10.3. The molecule has 104 valence electrons. The third-order valence-electron chi connectivity index (χ3n) is 3.15. The number of aliphatic hydroxyl groups is 1. The number of nitrogens with zero attached hydrogens (tertiary/aromatic N) is 2. The average molecular weight is 278 g/mol. The van der Waals surface area contributed by atoms with E-state index in [0.29, 0.717) is 6.73 Å². The van der Waals surface area contributed by atoms with Crippen molar-refractivity contribution in [2.24, 2.45) is 0 Å². The predicted molar refractivity (Wildman–Crippen MR) is 79.8 cm³/mol. The van der Waals surface area contributed by atoms with Crippen LogP contribution in [0.1, 0.15) is 5.56 Å². The van der Waals surface area contributed by atoms with Crippen LogP contribution < -0.4 is 0 Å². The lowest BCUT2D eigenvalue weighted by molar-refractivity contribution is 0.0899. The molecule has 0 saturated carbocycles. The Morgan fingerprint density at radius 3 is 2.79 bits per heavy atom. The molecule has 0 unspecified atom stereocenters. The van der Waals surface area contributed by atoms with Gasteiger partial charge in [0.05, 0.1) is 6.61 Å². The Hall–Kier alpha value is -1.17. The Labute approximate surface area is 115 Å². The van der Waals surface area contributed by atoms with Gasteiger partial charge in [0.25, 0.3) is 0 Å². The van der Waals surface area contributed by atoms with Crippen molar-refractivity contribution in [1.82, 2.24) is 9.55 Å². The summed E-state index contributed by atoms with van der Waals surface area (Å²) in [6, 6.07) is 5.00. The van der Waals surface area contributed by atoms with Gasteiger partial charge in [-0.3, -0.25) is 0 Å². The highest BCUT2D eigenvalue weighted by Gasteiger charge is 2.12. The molecule has 0 saturated heterocycles.